The van der Waals surface area contributed by atoms with Crippen molar-refractivity contribution < 1.29 is 4.79 Å². The highest BCUT2D eigenvalue weighted by Crippen LogP contribution is 2.63. The largest absolute Gasteiger partial charge is 0.378 e. The van der Waals surface area contributed by atoms with Crippen LogP contribution in [0.5, 0.6) is 0 Å². The Labute approximate surface area is 187 Å². The van der Waals surface area contributed by atoms with Gasteiger partial charge in [0.15, 0.2) is 0 Å². The molecule has 3 aliphatic rings. The van der Waals surface area contributed by atoms with Gasteiger partial charge in [-0.1, -0.05) is 54.1 Å². The van der Waals surface area contributed by atoms with Gasteiger partial charge in [-0.05, 0) is 84.4 Å². The van der Waals surface area contributed by atoms with E-state index in [4.69, 9.17) is 11.6 Å². The molecule has 0 spiro atoms. The fourth-order valence-electron chi connectivity index (χ4n) is 6.37. The monoisotopic (exact) mass is 428 g/mol. The van der Waals surface area contributed by atoms with E-state index in [1.165, 1.54) is 36.1 Å². The van der Waals surface area contributed by atoms with Crippen LogP contribution in [0.4, 0.5) is 11.4 Å². The van der Waals surface area contributed by atoms with Crippen LogP contribution in [-0.2, 0) is 0 Å². The summed E-state index contributed by atoms with van der Waals surface area (Å²) in [5.74, 6) is 2.50. The summed E-state index contributed by atoms with van der Waals surface area (Å²) in [6, 6.07) is 24.7. The Bertz CT molecular complexity index is 1140. The van der Waals surface area contributed by atoms with Crippen molar-refractivity contribution in [2.24, 2.45) is 17.8 Å². The van der Waals surface area contributed by atoms with Gasteiger partial charge in [0.2, 0.25) is 0 Å². The number of hydrogen-bond acceptors (Lipinski definition) is 2. The fourth-order valence-corrected chi connectivity index (χ4v) is 6.56. The number of para-hydroxylation sites is 1. The zero-order chi connectivity index (χ0) is 20.9. The first kappa shape index (κ1) is 18.9. The molecular formula is C27H25ClN2O. The number of anilines is 2. The standard InChI is InChI=1S/C27H25ClN2O/c28-21-8-4-5-9-23(21)30-27(31)19-12-13-22-20(15-19)24-17-10-11-18(14-17)25(24)26(29-22)16-6-2-1-3-7-16/h1-9,12-13,15,17-18,24-26,29H,10-11,14H2,(H,30,31). The van der Waals surface area contributed by atoms with Crippen LogP contribution < -0.4 is 10.6 Å². The van der Waals surface area contributed by atoms with Gasteiger partial charge in [-0.15, -0.1) is 0 Å². The maximum atomic E-state index is 13.0. The predicted molar refractivity (Wildman–Crippen MR) is 126 cm³/mol. The Morgan fingerprint density at radius 2 is 1.71 bits per heavy atom. The molecule has 2 saturated carbocycles. The van der Waals surface area contributed by atoms with E-state index in [1.807, 2.05) is 24.3 Å². The van der Waals surface area contributed by atoms with Crippen LogP contribution in [0.2, 0.25) is 5.02 Å². The summed E-state index contributed by atoms with van der Waals surface area (Å²) in [4.78, 5) is 13.0. The molecule has 2 N–H and O–H groups in total. The van der Waals surface area contributed by atoms with E-state index < -0.39 is 0 Å². The van der Waals surface area contributed by atoms with Crippen molar-refractivity contribution in [2.45, 2.75) is 31.2 Å². The Morgan fingerprint density at radius 1 is 0.935 bits per heavy atom. The highest BCUT2D eigenvalue weighted by molar-refractivity contribution is 6.33. The van der Waals surface area contributed by atoms with Gasteiger partial charge in [-0.3, -0.25) is 4.79 Å². The van der Waals surface area contributed by atoms with Gasteiger partial charge in [0.25, 0.3) is 5.91 Å². The number of fused-ring (bicyclic) bond motifs is 7. The number of hydrogen-bond donors (Lipinski definition) is 2. The topological polar surface area (TPSA) is 41.1 Å². The second-order valence-electron chi connectivity index (χ2n) is 9.21. The van der Waals surface area contributed by atoms with Crippen molar-refractivity contribution in [2.75, 3.05) is 10.6 Å². The molecule has 3 aromatic carbocycles. The number of rotatable bonds is 3. The summed E-state index contributed by atoms with van der Waals surface area (Å²) in [6.45, 7) is 0. The molecule has 1 amide bonds. The third kappa shape index (κ3) is 3.14. The number of benzene rings is 3. The number of amides is 1. The maximum absolute atomic E-state index is 13.0. The molecule has 0 saturated heterocycles. The zero-order valence-electron chi connectivity index (χ0n) is 17.2. The molecule has 156 valence electrons. The summed E-state index contributed by atoms with van der Waals surface area (Å²) in [5.41, 5.74) is 5.21. The lowest BCUT2D eigenvalue weighted by Gasteiger charge is -2.43. The normalized spacial score (nSPS) is 27.8. The van der Waals surface area contributed by atoms with Crippen LogP contribution in [0.1, 0.15) is 52.7 Å². The van der Waals surface area contributed by atoms with Crippen molar-refractivity contribution >= 4 is 28.9 Å². The Hall–Kier alpha value is -2.78. The Balaban J connectivity index is 1.36. The van der Waals surface area contributed by atoms with Crippen molar-refractivity contribution in [3.8, 4) is 0 Å². The number of halogens is 1. The lowest BCUT2D eigenvalue weighted by molar-refractivity contribution is 0.102. The number of carbonyl (C=O) groups is 1. The summed E-state index contributed by atoms with van der Waals surface area (Å²) in [5, 5.41) is 7.36. The minimum absolute atomic E-state index is 0.110. The second-order valence-corrected chi connectivity index (χ2v) is 9.61. The van der Waals surface area contributed by atoms with E-state index in [1.54, 1.807) is 6.07 Å². The first-order chi connectivity index (χ1) is 15.2. The Morgan fingerprint density at radius 3 is 2.55 bits per heavy atom. The Kier molecular flexibility index (Phi) is 4.53. The molecule has 2 aliphatic carbocycles. The van der Waals surface area contributed by atoms with Crippen LogP contribution in [0.3, 0.4) is 0 Å². The van der Waals surface area contributed by atoms with E-state index in [2.05, 4.69) is 53.1 Å². The molecule has 6 rings (SSSR count). The van der Waals surface area contributed by atoms with E-state index in [9.17, 15) is 4.79 Å². The van der Waals surface area contributed by atoms with Gasteiger partial charge >= 0.3 is 0 Å². The highest BCUT2D eigenvalue weighted by Gasteiger charge is 2.53. The molecule has 1 aliphatic heterocycles. The number of nitrogens with one attached hydrogen (secondary N) is 2. The van der Waals surface area contributed by atoms with Crippen LogP contribution in [0.15, 0.2) is 72.8 Å². The molecule has 0 radical (unpaired) electrons. The zero-order valence-corrected chi connectivity index (χ0v) is 18.0. The van der Waals surface area contributed by atoms with Gasteiger partial charge in [0.1, 0.15) is 0 Å². The summed E-state index contributed by atoms with van der Waals surface area (Å²) < 4.78 is 0. The van der Waals surface area contributed by atoms with Gasteiger partial charge < -0.3 is 10.6 Å². The van der Waals surface area contributed by atoms with Crippen LogP contribution in [-0.4, -0.2) is 5.91 Å². The molecule has 0 aromatic heterocycles. The minimum atomic E-state index is -0.110. The molecule has 2 fully saturated rings. The molecule has 5 atom stereocenters. The average molecular weight is 429 g/mol. The molecule has 3 nitrogen and oxygen atoms in total. The molecule has 5 unspecified atom stereocenters. The van der Waals surface area contributed by atoms with Crippen molar-refractivity contribution in [1.82, 2.24) is 0 Å². The third-order valence-corrected chi connectivity index (χ3v) is 7.96. The van der Waals surface area contributed by atoms with Crippen LogP contribution in [0, 0.1) is 17.8 Å². The summed E-state index contributed by atoms with van der Waals surface area (Å²) in [6.07, 6.45) is 3.96. The quantitative estimate of drug-likeness (QED) is 0.477. The lowest BCUT2D eigenvalue weighted by atomic mass is 9.68. The maximum Gasteiger partial charge on any atom is 0.255 e. The van der Waals surface area contributed by atoms with Crippen LogP contribution in [0.25, 0.3) is 0 Å². The van der Waals surface area contributed by atoms with Gasteiger partial charge in [-0.25, -0.2) is 0 Å². The van der Waals surface area contributed by atoms with Crippen molar-refractivity contribution in [3.05, 3.63) is 94.5 Å². The lowest BCUT2D eigenvalue weighted by Crippen LogP contribution is -2.35. The fraction of sp³-hybridized carbons (Fsp3) is 0.296. The molecule has 3 aromatic rings. The molecule has 1 heterocycles. The van der Waals surface area contributed by atoms with Gasteiger partial charge in [0.05, 0.1) is 16.8 Å². The molecule has 31 heavy (non-hydrogen) atoms. The SMILES string of the molecule is O=C(Nc1ccccc1Cl)c1ccc2c(c1)C1C3CCC(C3)C1C(c1ccccc1)N2. The second kappa shape index (κ2) is 7.42. The third-order valence-electron chi connectivity index (χ3n) is 7.63. The average Bonchev–Trinajstić information content (AvgIpc) is 3.43. The van der Waals surface area contributed by atoms with Crippen molar-refractivity contribution in [1.29, 1.82) is 0 Å². The van der Waals surface area contributed by atoms with Gasteiger partial charge in [-0.2, -0.15) is 0 Å². The summed E-state index contributed by atoms with van der Waals surface area (Å²) in [7, 11) is 0. The van der Waals surface area contributed by atoms with E-state index in [0.29, 0.717) is 34.2 Å². The number of carbonyl (C=O) groups excluding carboxylic acids is 1. The first-order valence-electron chi connectivity index (χ1n) is 11.2. The predicted octanol–water partition coefficient (Wildman–Crippen LogP) is 6.89. The van der Waals surface area contributed by atoms with E-state index in [-0.39, 0.29) is 5.91 Å². The van der Waals surface area contributed by atoms with E-state index >= 15 is 0 Å². The first-order valence-corrected chi connectivity index (χ1v) is 11.6. The molecule has 2 bridgehead atoms. The van der Waals surface area contributed by atoms with E-state index in [0.717, 1.165) is 11.8 Å². The molecule has 4 heteroatoms. The van der Waals surface area contributed by atoms with Crippen LogP contribution >= 0.6 is 11.6 Å². The molecular weight excluding hydrogens is 404 g/mol. The summed E-state index contributed by atoms with van der Waals surface area (Å²) >= 11 is 6.24. The van der Waals surface area contributed by atoms with Gasteiger partial charge in [0, 0.05) is 11.3 Å². The highest BCUT2D eigenvalue weighted by atomic mass is 35.5. The smallest absolute Gasteiger partial charge is 0.255 e. The van der Waals surface area contributed by atoms with Crippen molar-refractivity contribution in [3.63, 3.8) is 0 Å². The minimum Gasteiger partial charge on any atom is -0.378 e.